The molecule has 60 valence electrons. The Kier molecular flexibility index (Phi) is 2.50. The maximum atomic E-state index is 12.9. The van der Waals surface area contributed by atoms with E-state index in [4.69, 9.17) is 11.6 Å². The minimum absolute atomic E-state index is 0.293. The van der Waals surface area contributed by atoms with Crippen molar-refractivity contribution in [1.29, 1.82) is 0 Å². The van der Waals surface area contributed by atoms with Gasteiger partial charge < -0.3 is 0 Å². The van der Waals surface area contributed by atoms with Crippen LogP contribution in [0.25, 0.3) is 0 Å². The number of hydrogen-bond donors (Lipinski definition) is 0. The highest BCUT2D eigenvalue weighted by Gasteiger charge is 2.05. The molecule has 0 atom stereocenters. The predicted molar refractivity (Wildman–Crippen MR) is 46.1 cm³/mol. The quantitative estimate of drug-likeness (QED) is 0.523. The first kappa shape index (κ1) is 8.54. The Morgan fingerprint density at radius 3 is 2.64 bits per heavy atom. The predicted octanol–water partition coefficient (Wildman–Crippen LogP) is 3.70. The van der Waals surface area contributed by atoms with Crippen LogP contribution in [0.4, 0.5) is 4.39 Å². The van der Waals surface area contributed by atoms with Gasteiger partial charge in [0.1, 0.15) is 5.83 Å². The van der Waals surface area contributed by atoms with Crippen molar-refractivity contribution in [2.75, 3.05) is 0 Å². The summed E-state index contributed by atoms with van der Waals surface area (Å²) in [5.41, 5.74) is 2.04. The zero-order valence-electron chi connectivity index (χ0n) is 6.62. The summed E-state index contributed by atoms with van der Waals surface area (Å²) in [6.45, 7) is 3.83. The second-order valence-corrected chi connectivity index (χ2v) is 3.13. The third kappa shape index (κ3) is 1.93. The summed E-state index contributed by atoms with van der Waals surface area (Å²) in [5, 5.41) is 0.293. The van der Waals surface area contributed by atoms with Crippen molar-refractivity contribution in [3.8, 4) is 0 Å². The zero-order valence-corrected chi connectivity index (χ0v) is 7.37. The molecule has 1 rings (SSSR count). The van der Waals surface area contributed by atoms with Crippen LogP contribution in [0.2, 0.25) is 0 Å². The molecule has 1 aliphatic carbocycles. The molecule has 0 heterocycles. The third-order valence-corrected chi connectivity index (χ3v) is 2.15. The summed E-state index contributed by atoms with van der Waals surface area (Å²) in [6.07, 6.45) is 3.91. The van der Waals surface area contributed by atoms with Gasteiger partial charge in [-0.25, -0.2) is 4.39 Å². The summed E-state index contributed by atoms with van der Waals surface area (Å²) in [5.74, 6) is -0.308. The Morgan fingerprint density at radius 2 is 2.00 bits per heavy atom. The van der Waals surface area contributed by atoms with Crippen LogP contribution in [0.3, 0.4) is 0 Å². The molecule has 11 heavy (non-hydrogen) atoms. The fourth-order valence-corrected chi connectivity index (χ4v) is 1.02. The van der Waals surface area contributed by atoms with Gasteiger partial charge in [0.05, 0.1) is 5.03 Å². The molecular weight excluding hydrogens is 163 g/mol. The Hall–Kier alpha value is -0.560. The normalized spacial score (nSPS) is 19.3. The highest BCUT2D eigenvalue weighted by atomic mass is 35.5. The van der Waals surface area contributed by atoms with Crippen molar-refractivity contribution in [3.63, 3.8) is 0 Å². The molecule has 0 saturated carbocycles. The molecule has 0 spiro atoms. The number of halogens is 2. The summed E-state index contributed by atoms with van der Waals surface area (Å²) < 4.78 is 12.9. The highest BCUT2D eigenvalue weighted by Crippen LogP contribution is 2.25. The molecule has 0 N–H and O–H groups in total. The fourth-order valence-electron chi connectivity index (χ4n) is 0.883. The Bertz CT molecular complexity index is 259. The molecule has 0 fully saturated rings. The van der Waals surface area contributed by atoms with Gasteiger partial charge in [-0.1, -0.05) is 23.3 Å². The highest BCUT2D eigenvalue weighted by molar-refractivity contribution is 6.30. The Labute approximate surface area is 71.1 Å². The minimum atomic E-state index is -0.308. The standard InChI is InChI=1S/C9H10ClF/c1-6-3-4-8(10)9(11)5-7(6)2/h3,5H,4H2,1-2H3. The van der Waals surface area contributed by atoms with Crippen LogP contribution in [0.5, 0.6) is 0 Å². The maximum absolute atomic E-state index is 12.9. The monoisotopic (exact) mass is 172 g/mol. The molecule has 0 aromatic rings. The van der Waals surface area contributed by atoms with Crippen molar-refractivity contribution in [3.05, 3.63) is 34.2 Å². The summed E-state index contributed by atoms with van der Waals surface area (Å²) in [4.78, 5) is 0. The average molecular weight is 173 g/mol. The van der Waals surface area contributed by atoms with Crippen molar-refractivity contribution in [2.24, 2.45) is 0 Å². The van der Waals surface area contributed by atoms with Crippen LogP contribution in [0.1, 0.15) is 20.3 Å². The van der Waals surface area contributed by atoms with Crippen LogP contribution in [0, 0.1) is 0 Å². The van der Waals surface area contributed by atoms with E-state index in [9.17, 15) is 4.39 Å². The molecule has 1 aliphatic rings. The molecule has 0 saturated heterocycles. The van der Waals surface area contributed by atoms with Gasteiger partial charge in [0.25, 0.3) is 0 Å². The van der Waals surface area contributed by atoms with Crippen LogP contribution in [0.15, 0.2) is 34.2 Å². The van der Waals surface area contributed by atoms with Gasteiger partial charge in [0, 0.05) is 6.42 Å². The summed E-state index contributed by atoms with van der Waals surface area (Å²) in [6, 6.07) is 0. The van der Waals surface area contributed by atoms with E-state index in [0.29, 0.717) is 11.5 Å². The summed E-state index contributed by atoms with van der Waals surface area (Å²) >= 11 is 5.62. The van der Waals surface area contributed by atoms with Gasteiger partial charge in [-0.15, -0.1) is 0 Å². The number of allylic oxidation sites excluding steroid dienone is 6. The topological polar surface area (TPSA) is 0 Å². The SMILES string of the molecule is CC1=CCC(Cl)=C(F)C=C1C. The molecule has 0 aromatic heterocycles. The molecule has 0 nitrogen and oxygen atoms in total. The second-order valence-electron chi connectivity index (χ2n) is 2.67. The van der Waals surface area contributed by atoms with Gasteiger partial charge in [0.15, 0.2) is 0 Å². The third-order valence-electron chi connectivity index (χ3n) is 1.81. The lowest BCUT2D eigenvalue weighted by Crippen LogP contribution is -1.76. The minimum Gasteiger partial charge on any atom is -0.206 e. The van der Waals surface area contributed by atoms with E-state index in [-0.39, 0.29) is 5.83 Å². The van der Waals surface area contributed by atoms with Crippen molar-refractivity contribution < 1.29 is 4.39 Å². The largest absolute Gasteiger partial charge is 0.206 e. The van der Waals surface area contributed by atoms with Crippen molar-refractivity contribution in [2.45, 2.75) is 20.3 Å². The molecule has 0 aliphatic heterocycles. The van der Waals surface area contributed by atoms with Crippen LogP contribution in [-0.2, 0) is 0 Å². The van der Waals surface area contributed by atoms with Gasteiger partial charge in [-0.2, -0.15) is 0 Å². The van der Waals surface area contributed by atoms with E-state index in [1.807, 2.05) is 19.9 Å². The molecule has 0 radical (unpaired) electrons. The number of rotatable bonds is 0. The van der Waals surface area contributed by atoms with Crippen molar-refractivity contribution >= 4 is 11.6 Å². The lowest BCUT2D eigenvalue weighted by atomic mass is 10.1. The van der Waals surface area contributed by atoms with Crippen molar-refractivity contribution in [1.82, 2.24) is 0 Å². The van der Waals surface area contributed by atoms with E-state index < -0.39 is 0 Å². The van der Waals surface area contributed by atoms with E-state index in [0.717, 1.165) is 11.1 Å². The Balaban J connectivity index is 3.04. The number of hydrogen-bond acceptors (Lipinski definition) is 0. The molecule has 0 amide bonds. The van der Waals surface area contributed by atoms with E-state index in [1.54, 1.807) is 0 Å². The van der Waals surface area contributed by atoms with Crippen LogP contribution < -0.4 is 0 Å². The molecule has 2 heteroatoms. The molecule has 0 bridgehead atoms. The molecule has 0 aromatic carbocycles. The molecule has 0 unspecified atom stereocenters. The van der Waals surface area contributed by atoms with Crippen LogP contribution >= 0.6 is 11.6 Å². The second kappa shape index (κ2) is 3.22. The first-order valence-corrected chi connectivity index (χ1v) is 3.88. The first-order valence-electron chi connectivity index (χ1n) is 3.51. The maximum Gasteiger partial charge on any atom is 0.138 e. The molecular formula is C9H10ClF. The summed E-state index contributed by atoms with van der Waals surface area (Å²) in [7, 11) is 0. The lowest BCUT2D eigenvalue weighted by Gasteiger charge is -1.95. The first-order chi connectivity index (χ1) is 5.11. The van der Waals surface area contributed by atoms with E-state index >= 15 is 0 Å². The van der Waals surface area contributed by atoms with Crippen LogP contribution in [-0.4, -0.2) is 0 Å². The average Bonchev–Trinajstić information content (AvgIpc) is 2.05. The van der Waals surface area contributed by atoms with Gasteiger partial charge in [-0.3, -0.25) is 0 Å². The smallest absolute Gasteiger partial charge is 0.138 e. The van der Waals surface area contributed by atoms with E-state index in [2.05, 4.69) is 0 Å². The zero-order chi connectivity index (χ0) is 8.43. The van der Waals surface area contributed by atoms with Gasteiger partial charge >= 0.3 is 0 Å². The lowest BCUT2D eigenvalue weighted by molar-refractivity contribution is 0.659. The van der Waals surface area contributed by atoms with E-state index in [1.165, 1.54) is 6.08 Å². The Morgan fingerprint density at radius 1 is 1.36 bits per heavy atom. The van der Waals surface area contributed by atoms with Gasteiger partial charge in [-0.05, 0) is 25.5 Å². The fraction of sp³-hybridized carbons (Fsp3) is 0.333. The van der Waals surface area contributed by atoms with Gasteiger partial charge in [0.2, 0.25) is 0 Å².